The van der Waals surface area contributed by atoms with Gasteiger partial charge in [0, 0.05) is 37.7 Å². The van der Waals surface area contributed by atoms with Crippen LogP contribution in [-0.4, -0.2) is 51.2 Å². The van der Waals surface area contributed by atoms with Crippen LogP contribution in [0.2, 0.25) is 0 Å². The molecule has 7 heteroatoms. The van der Waals surface area contributed by atoms with E-state index in [0.29, 0.717) is 19.5 Å². The Kier molecular flexibility index (Phi) is 4.95. The summed E-state index contributed by atoms with van der Waals surface area (Å²) >= 11 is 1.49. The number of carbonyl (C=O) groups is 2. The van der Waals surface area contributed by atoms with Gasteiger partial charge in [0.2, 0.25) is 5.91 Å². The lowest BCUT2D eigenvalue weighted by Gasteiger charge is -2.48. The molecule has 0 radical (unpaired) electrons. The van der Waals surface area contributed by atoms with Gasteiger partial charge in [0.05, 0.1) is 29.0 Å². The number of carbonyl (C=O) groups excluding carboxylic acids is 2. The van der Waals surface area contributed by atoms with Crippen LogP contribution in [0.5, 0.6) is 0 Å². The third-order valence-corrected chi connectivity index (χ3v) is 6.47. The number of likely N-dealkylation sites (tertiary alicyclic amines) is 2. The molecular weight excluding hydrogens is 360 g/mol. The second-order valence-electron chi connectivity index (χ2n) is 7.71. The highest BCUT2D eigenvalue weighted by Crippen LogP contribution is 2.39. The molecule has 2 amide bonds. The summed E-state index contributed by atoms with van der Waals surface area (Å²) in [6.45, 7) is 4.62. The minimum Gasteiger partial charge on any atom is -0.337 e. The van der Waals surface area contributed by atoms with Crippen molar-refractivity contribution in [2.75, 3.05) is 19.6 Å². The van der Waals surface area contributed by atoms with Gasteiger partial charge >= 0.3 is 0 Å². The summed E-state index contributed by atoms with van der Waals surface area (Å²) in [4.78, 5) is 38.7. The van der Waals surface area contributed by atoms with E-state index in [1.165, 1.54) is 11.3 Å². The van der Waals surface area contributed by atoms with Crippen molar-refractivity contribution in [2.24, 2.45) is 5.41 Å². The van der Waals surface area contributed by atoms with E-state index >= 15 is 0 Å². The fraction of sp³-hybridized carbons (Fsp3) is 0.500. The van der Waals surface area contributed by atoms with Gasteiger partial charge in [-0.2, -0.15) is 0 Å². The molecule has 0 N–H and O–H groups in total. The molecule has 142 valence electrons. The van der Waals surface area contributed by atoms with Crippen molar-refractivity contribution in [3.63, 3.8) is 0 Å². The molecule has 2 saturated heterocycles. The van der Waals surface area contributed by atoms with Crippen LogP contribution in [0, 0.1) is 12.3 Å². The fourth-order valence-corrected chi connectivity index (χ4v) is 4.90. The highest BCUT2D eigenvalue weighted by molar-refractivity contribution is 7.12. The molecule has 0 aliphatic carbocycles. The summed E-state index contributed by atoms with van der Waals surface area (Å²) in [5.74, 6) is 0.293. The number of aryl methyl sites for hydroxylation is 1. The molecule has 2 aromatic rings. The van der Waals surface area contributed by atoms with Gasteiger partial charge in [0.1, 0.15) is 0 Å². The summed E-state index contributed by atoms with van der Waals surface area (Å²) in [6, 6.07) is 3.81. The molecule has 1 atom stereocenters. The number of rotatable bonds is 3. The van der Waals surface area contributed by atoms with Crippen LogP contribution < -0.4 is 0 Å². The topological polar surface area (TPSA) is 66.4 Å². The largest absolute Gasteiger partial charge is 0.337 e. The monoisotopic (exact) mass is 384 g/mol. The van der Waals surface area contributed by atoms with Crippen LogP contribution in [0.15, 0.2) is 29.9 Å². The Morgan fingerprint density at radius 2 is 2.15 bits per heavy atom. The van der Waals surface area contributed by atoms with Crippen LogP contribution in [0.25, 0.3) is 0 Å². The van der Waals surface area contributed by atoms with Crippen molar-refractivity contribution in [1.29, 1.82) is 0 Å². The highest BCUT2D eigenvalue weighted by atomic mass is 32.1. The second-order valence-corrected chi connectivity index (χ2v) is 8.65. The van der Waals surface area contributed by atoms with E-state index in [9.17, 15) is 9.59 Å². The van der Waals surface area contributed by atoms with Gasteiger partial charge in [0.15, 0.2) is 0 Å². The predicted octanol–water partition coefficient (Wildman–Crippen LogP) is 2.89. The lowest BCUT2D eigenvalue weighted by atomic mass is 9.73. The molecule has 1 spiro atoms. The minimum atomic E-state index is -0.00277. The molecule has 0 bridgehead atoms. The average molecular weight is 385 g/mol. The van der Waals surface area contributed by atoms with Gasteiger partial charge in [0.25, 0.3) is 5.91 Å². The standard InChI is InChI=1S/C20H24N4O2S/c1-15-10-22-16(11-21-15)12-24-14-20(7-5-18(24)25)6-3-8-23(13-20)19(26)17-4-2-9-27-17/h2,4,9-11H,3,5-8,12-14H2,1H3/t20-/m1/s1. The average Bonchev–Trinajstić information content (AvgIpc) is 3.21. The number of amides is 2. The Morgan fingerprint density at radius 3 is 2.89 bits per heavy atom. The molecule has 2 aliphatic heterocycles. The molecule has 2 aromatic heterocycles. The first-order chi connectivity index (χ1) is 13.0. The summed E-state index contributed by atoms with van der Waals surface area (Å²) in [5, 5.41) is 1.94. The maximum Gasteiger partial charge on any atom is 0.263 e. The lowest BCUT2D eigenvalue weighted by Crippen LogP contribution is -2.54. The molecule has 2 fully saturated rings. The first-order valence-electron chi connectivity index (χ1n) is 9.43. The van der Waals surface area contributed by atoms with E-state index in [2.05, 4.69) is 9.97 Å². The van der Waals surface area contributed by atoms with Gasteiger partial charge < -0.3 is 9.80 Å². The van der Waals surface area contributed by atoms with Crippen LogP contribution in [-0.2, 0) is 11.3 Å². The van der Waals surface area contributed by atoms with Gasteiger partial charge in [-0.3, -0.25) is 19.6 Å². The molecule has 4 rings (SSSR count). The maximum absolute atomic E-state index is 12.8. The first-order valence-corrected chi connectivity index (χ1v) is 10.3. The van der Waals surface area contributed by atoms with Crippen LogP contribution in [0.4, 0.5) is 0 Å². The molecule has 0 saturated carbocycles. The zero-order chi connectivity index (χ0) is 18.9. The molecule has 4 heterocycles. The first kappa shape index (κ1) is 18.1. The third kappa shape index (κ3) is 3.88. The number of nitrogens with zero attached hydrogens (tertiary/aromatic N) is 4. The molecule has 2 aliphatic rings. The number of piperidine rings is 2. The molecule has 6 nitrogen and oxygen atoms in total. The third-order valence-electron chi connectivity index (χ3n) is 5.62. The van der Waals surface area contributed by atoms with E-state index in [-0.39, 0.29) is 17.2 Å². The lowest BCUT2D eigenvalue weighted by molar-refractivity contribution is -0.139. The predicted molar refractivity (Wildman–Crippen MR) is 103 cm³/mol. The smallest absolute Gasteiger partial charge is 0.263 e. The van der Waals surface area contributed by atoms with Gasteiger partial charge in [-0.25, -0.2) is 0 Å². The maximum atomic E-state index is 12.8. The van der Waals surface area contributed by atoms with E-state index in [4.69, 9.17) is 0 Å². The Hall–Kier alpha value is -2.28. The molecule has 0 unspecified atom stereocenters. The number of thiophene rings is 1. The summed E-state index contributed by atoms with van der Waals surface area (Å²) < 4.78 is 0. The Labute approximate surface area is 163 Å². The van der Waals surface area contributed by atoms with E-state index < -0.39 is 0 Å². The fourth-order valence-electron chi connectivity index (χ4n) is 4.21. The zero-order valence-corrected chi connectivity index (χ0v) is 16.4. The molecular formula is C20H24N4O2S. The quantitative estimate of drug-likeness (QED) is 0.816. The van der Waals surface area contributed by atoms with Crippen molar-refractivity contribution in [3.05, 3.63) is 46.2 Å². The Morgan fingerprint density at radius 1 is 1.26 bits per heavy atom. The second kappa shape index (κ2) is 7.38. The van der Waals surface area contributed by atoms with Crippen molar-refractivity contribution in [2.45, 2.75) is 39.2 Å². The summed E-state index contributed by atoms with van der Waals surface area (Å²) in [7, 11) is 0. The van der Waals surface area contributed by atoms with Crippen molar-refractivity contribution >= 4 is 23.2 Å². The number of hydrogen-bond acceptors (Lipinski definition) is 5. The molecule has 0 aromatic carbocycles. The SMILES string of the molecule is Cc1cnc(CN2C[C@]3(CCCN(C(=O)c4cccs4)C3)CCC2=O)cn1. The molecule has 27 heavy (non-hydrogen) atoms. The van der Waals surface area contributed by atoms with Crippen LogP contribution in [0.1, 0.15) is 46.7 Å². The van der Waals surface area contributed by atoms with Crippen molar-refractivity contribution in [1.82, 2.24) is 19.8 Å². The van der Waals surface area contributed by atoms with Crippen LogP contribution in [0.3, 0.4) is 0 Å². The summed E-state index contributed by atoms with van der Waals surface area (Å²) in [5.41, 5.74) is 1.68. The minimum absolute atomic E-state index is 0.00277. The normalized spacial score (nSPS) is 23.1. The van der Waals surface area contributed by atoms with E-state index in [1.54, 1.807) is 12.4 Å². The summed E-state index contributed by atoms with van der Waals surface area (Å²) in [6.07, 6.45) is 6.93. The van der Waals surface area contributed by atoms with Gasteiger partial charge in [-0.05, 0) is 37.6 Å². The van der Waals surface area contributed by atoms with E-state index in [1.807, 2.05) is 34.2 Å². The number of hydrogen-bond donors (Lipinski definition) is 0. The van der Waals surface area contributed by atoms with Crippen LogP contribution >= 0.6 is 11.3 Å². The van der Waals surface area contributed by atoms with Crippen molar-refractivity contribution < 1.29 is 9.59 Å². The Bertz CT molecular complexity index is 821. The van der Waals surface area contributed by atoms with Gasteiger partial charge in [-0.15, -0.1) is 11.3 Å². The number of aromatic nitrogens is 2. The Balaban J connectivity index is 1.47. The van der Waals surface area contributed by atoms with Gasteiger partial charge in [-0.1, -0.05) is 6.07 Å². The van der Waals surface area contributed by atoms with E-state index in [0.717, 1.165) is 48.6 Å². The zero-order valence-electron chi connectivity index (χ0n) is 15.6. The van der Waals surface area contributed by atoms with Crippen molar-refractivity contribution in [3.8, 4) is 0 Å². The highest BCUT2D eigenvalue weighted by Gasteiger charge is 2.43.